The van der Waals surface area contributed by atoms with E-state index in [4.69, 9.17) is 13.9 Å². The van der Waals surface area contributed by atoms with Gasteiger partial charge in [0.25, 0.3) is 0 Å². The Morgan fingerprint density at radius 3 is 2.70 bits per heavy atom. The summed E-state index contributed by atoms with van der Waals surface area (Å²) in [5, 5.41) is 16.0. The van der Waals surface area contributed by atoms with E-state index in [-0.39, 0.29) is 0 Å². The summed E-state index contributed by atoms with van der Waals surface area (Å²) in [6.45, 7) is 0.927. The number of hydrogen-bond donors (Lipinski definition) is 1. The first-order chi connectivity index (χ1) is 13.3. The van der Waals surface area contributed by atoms with Crippen LogP contribution in [0.25, 0.3) is 33.2 Å². The molecule has 0 saturated carbocycles. The van der Waals surface area contributed by atoms with E-state index in [9.17, 15) is 5.21 Å². The highest BCUT2D eigenvalue weighted by Crippen LogP contribution is 2.25. The van der Waals surface area contributed by atoms with Gasteiger partial charge >= 0.3 is 0 Å². The van der Waals surface area contributed by atoms with Gasteiger partial charge in [0.1, 0.15) is 29.0 Å². The summed E-state index contributed by atoms with van der Waals surface area (Å²) in [7, 11) is 1.62. The summed E-state index contributed by atoms with van der Waals surface area (Å²) >= 11 is 0. The number of methoxy groups -OCH3 is 1. The number of aromatic nitrogens is 1. The van der Waals surface area contributed by atoms with Crippen molar-refractivity contribution in [2.75, 3.05) is 20.3 Å². The lowest BCUT2D eigenvalue weighted by molar-refractivity contribution is 0.146. The molecule has 4 rings (SSSR count). The number of nitrogens with zero attached hydrogens (tertiary/aromatic N) is 2. The minimum atomic E-state index is 0.387. The molecular weight excluding hydrogens is 344 g/mol. The molecule has 2 aromatic heterocycles. The predicted molar refractivity (Wildman–Crippen MR) is 102 cm³/mol. The normalized spacial score (nSPS) is 12.0. The Bertz CT molecular complexity index is 1170. The summed E-state index contributed by atoms with van der Waals surface area (Å²) in [6.07, 6.45) is 1.80. The first kappa shape index (κ1) is 17.1. The molecule has 4 aromatic rings. The molecule has 0 radical (unpaired) electrons. The van der Waals surface area contributed by atoms with E-state index in [0.29, 0.717) is 46.7 Å². The minimum absolute atomic E-state index is 0.387. The smallest absolute Gasteiger partial charge is 0.155 e. The fourth-order valence-corrected chi connectivity index (χ4v) is 2.91. The average molecular weight is 362 g/mol. The molecule has 0 bridgehead atoms. The molecule has 0 aliphatic heterocycles. The predicted octanol–water partition coefficient (Wildman–Crippen LogP) is 3.96. The third-order valence-electron chi connectivity index (χ3n) is 4.26. The lowest BCUT2D eigenvalue weighted by Crippen LogP contribution is -2.06. The van der Waals surface area contributed by atoms with Crippen LogP contribution < -0.4 is 10.1 Å². The van der Waals surface area contributed by atoms with Crippen LogP contribution in [0, 0.1) is 0 Å². The van der Waals surface area contributed by atoms with E-state index >= 15 is 0 Å². The lowest BCUT2D eigenvalue weighted by Gasteiger charge is -2.08. The zero-order valence-electron chi connectivity index (χ0n) is 14.8. The highest BCUT2D eigenvalue weighted by Gasteiger charge is 2.09. The Morgan fingerprint density at radius 1 is 1.04 bits per heavy atom. The average Bonchev–Trinajstić information content (AvgIpc) is 2.72. The largest absolute Gasteiger partial charge is 0.491 e. The van der Waals surface area contributed by atoms with E-state index in [1.165, 1.54) is 0 Å². The minimum Gasteiger partial charge on any atom is -0.491 e. The van der Waals surface area contributed by atoms with Gasteiger partial charge in [0, 0.05) is 24.8 Å². The zero-order chi connectivity index (χ0) is 18.6. The molecule has 0 fully saturated rings. The summed E-state index contributed by atoms with van der Waals surface area (Å²) in [5.41, 5.74) is 1.25. The molecule has 6 heteroatoms. The number of hydrogen-bond acceptors (Lipinski definition) is 6. The molecule has 1 N–H and O–H groups in total. The van der Waals surface area contributed by atoms with Crippen LogP contribution in [-0.4, -0.2) is 30.5 Å². The molecule has 0 saturated heterocycles. The molecule has 2 heterocycles. The summed E-state index contributed by atoms with van der Waals surface area (Å²) in [4.78, 5) is 4.47. The van der Waals surface area contributed by atoms with Gasteiger partial charge in [-0.2, -0.15) is 0 Å². The number of benzene rings is 2. The van der Waals surface area contributed by atoms with Crippen molar-refractivity contribution in [1.82, 2.24) is 4.98 Å². The third-order valence-corrected chi connectivity index (χ3v) is 4.26. The fourth-order valence-electron chi connectivity index (χ4n) is 2.91. The molecule has 136 valence electrons. The quantitative estimate of drug-likeness (QED) is 0.330. The van der Waals surface area contributed by atoms with Gasteiger partial charge in [-0.05, 0) is 29.7 Å². The van der Waals surface area contributed by atoms with Crippen LogP contribution in [-0.2, 0) is 4.74 Å². The number of fused-ring (bicyclic) bond motifs is 2. The van der Waals surface area contributed by atoms with Gasteiger partial charge in [-0.1, -0.05) is 29.4 Å². The maximum atomic E-state index is 9.49. The fraction of sp³-hybridized carbons (Fsp3) is 0.143. The van der Waals surface area contributed by atoms with Crippen molar-refractivity contribution >= 4 is 21.7 Å². The van der Waals surface area contributed by atoms with Gasteiger partial charge in [-0.15, -0.1) is 0 Å². The van der Waals surface area contributed by atoms with E-state index in [2.05, 4.69) is 10.1 Å². The van der Waals surface area contributed by atoms with Gasteiger partial charge in [0.15, 0.2) is 5.76 Å². The highest BCUT2D eigenvalue weighted by atomic mass is 16.5. The maximum absolute atomic E-state index is 9.49. The Hall–Kier alpha value is -3.38. The zero-order valence-corrected chi connectivity index (χ0v) is 14.8. The van der Waals surface area contributed by atoms with Crippen molar-refractivity contribution < 1.29 is 19.1 Å². The maximum Gasteiger partial charge on any atom is 0.155 e. The molecular formula is C21H18N2O4. The van der Waals surface area contributed by atoms with E-state index in [1.807, 2.05) is 30.3 Å². The van der Waals surface area contributed by atoms with Gasteiger partial charge in [-0.25, -0.2) is 0 Å². The van der Waals surface area contributed by atoms with Crippen LogP contribution in [0.15, 0.2) is 70.4 Å². The van der Waals surface area contributed by atoms with Crippen LogP contribution >= 0.6 is 0 Å². The van der Waals surface area contributed by atoms with Crippen molar-refractivity contribution in [3.63, 3.8) is 0 Å². The molecule has 0 spiro atoms. The topological polar surface area (TPSA) is 77.1 Å². The molecule has 0 aliphatic rings. The van der Waals surface area contributed by atoms with E-state index < -0.39 is 0 Å². The molecule has 0 aliphatic carbocycles. The molecule has 2 aromatic carbocycles. The van der Waals surface area contributed by atoms with E-state index in [0.717, 1.165) is 10.8 Å². The molecule has 27 heavy (non-hydrogen) atoms. The Morgan fingerprint density at radius 2 is 1.89 bits per heavy atom. The summed E-state index contributed by atoms with van der Waals surface area (Å²) in [5.74, 6) is 1.17. The summed E-state index contributed by atoms with van der Waals surface area (Å²) < 4.78 is 16.6. The van der Waals surface area contributed by atoms with Crippen molar-refractivity contribution in [2.24, 2.45) is 5.16 Å². The second-order valence-corrected chi connectivity index (χ2v) is 6.01. The van der Waals surface area contributed by atoms with Crippen molar-refractivity contribution in [3.05, 3.63) is 66.2 Å². The van der Waals surface area contributed by atoms with Crippen LogP contribution in [0.2, 0.25) is 0 Å². The Kier molecular flexibility index (Phi) is 4.72. The number of pyridine rings is 1. The first-order valence-corrected chi connectivity index (χ1v) is 8.51. The van der Waals surface area contributed by atoms with Gasteiger partial charge in [-0.3, -0.25) is 4.98 Å². The van der Waals surface area contributed by atoms with Crippen LogP contribution in [0.5, 0.6) is 5.75 Å². The van der Waals surface area contributed by atoms with Crippen LogP contribution in [0.4, 0.5) is 0 Å². The second-order valence-electron chi connectivity index (χ2n) is 6.01. The van der Waals surface area contributed by atoms with Crippen molar-refractivity contribution in [2.45, 2.75) is 0 Å². The van der Waals surface area contributed by atoms with Crippen molar-refractivity contribution in [3.8, 4) is 17.2 Å². The Labute approximate surface area is 155 Å². The monoisotopic (exact) mass is 362 g/mol. The molecule has 0 amide bonds. The first-order valence-electron chi connectivity index (χ1n) is 8.51. The van der Waals surface area contributed by atoms with Gasteiger partial charge in [0.05, 0.1) is 12.0 Å². The van der Waals surface area contributed by atoms with Crippen molar-refractivity contribution in [1.29, 1.82) is 0 Å². The number of ether oxygens (including phenoxy) is 2. The lowest BCUT2D eigenvalue weighted by atomic mass is 10.1. The number of rotatable bonds is 5. The Balaban J connectivity index is 1.79. The van der Waals surface area contributed by atoms with Crippen LogP contribution in [0.1, 0.15) is 0 Å². The van der Waals surface area contributed by atoms with Gasteiger partial charge < -0.3 is 19.1 Å². The SMILES string of the molecule is COCCOc1ccc2oc(-c3cc4ccccc4cn3)c/c(=N\O)c2c1. The van der Waals surface area contributed by atoms with Crippen LogP contribution in [0.3, 0.4) is 0 Å². The van der Waals surface area contributed by atoms with Gasteiger partial charge in [0.2, 0.25) is 0 Å². The molecule has 0 atom stereocenters. The molecule has 0 unspecified atom stereocenters. The highest BCUT2D eigenvalue weighted by molar-refractivity contribution is 5.85. The molecule has 6 nitrogen and oxygen atoms in total. The second kappa shape index (κ2) is 7.47. The summed E-state index contributed by atoms with van der Waals surface area (Å²) in [6, 6.07) is 17.0. The third kappa shape index (κ3) is 3.47. The van der Waals surface area contributed by atoms with E-state index in [1.54, 1.807) is 37.6 Å². The standard InChI is InChI=1S/C21H18N2O4/c1-25-8-9-26-16-6-7-20-17(11-16)18(23-24)12-21(27-20)19-10-14-4-2-3-5-15(14)13-22-19/h2-7,10-13,24H,8-9H2,1H3/b23-18+.